The van der Waals surface area contributed by atoms with Gasteiger partial charge >= 0.3 is 0 Å². The molecule has 1 aromatic carbocycles. The molecule has 0 saturated carbocycles. The molecule has 0 heterocycles. The van der Waals surface area contributed by atoms with Crippen molar-refractivity contribution in [3.8, 4) is 17.6 Å². The van der Waals surface area contributed by atoms with Crippen LogP contribution in [-0.2, 0) is 10.0 Å². The fourth-order valence-electron chi connectivity index (χ4n) is 1.54. The molecule has 0 aromatic heterocycles. The molecule has 1 unspecified atom stereocenters. The van der Waals surface area contributed by atoms with E-state index in [4.69, 9.17) is 26.3 Å². The molecule has 6 nitrogen and oxygen atoms in total. The van der Waals surface area contributed by atoms with Crippen molar-refractivity contribution in [2.75, 3.05) is 18.9 Å². The zero-order valence-electron chi connectivity index (χ0n) is 11.3. The topological polar surface area (TPSA) is 88.4 Å². The molecule has 8 heteroatoms. The lowest BCUT2D eigenvalue weighted by molar-refractivity contribution is 0.396. The molecule has 0 fully saturated rings. The van der Waals surface area contributed by atoms with Gasteiger partial charge in [-0.2, -0.15) is 5.26 Å². The maximum absolute atomic E-state index is 12.0. The summed E-state index contributed by atoms with van der Waals surface area (Å²) >= 11 is 5.95. The van der Waals surface area contributed by atoms with Crippen molar-refractivity contribution in [2.45, 2.75) is 18.6 Å². The molecule has 0 spiro atoms. The number of hydrogen-bond donors (Lipinski definition) is 1. The average Bonchev–Trinajstić information content (AvgIpc) is 2.39. The number of nitrogens with one attached hydrogen (secondary N) is 1. The van der Waals surface area contributed by atoms with E-state index in [2.05, 4.69) is 4.72 Å². The van der Waals surface area contributed by atoms with Crippen LogP contribution < -0.4 is 14.2 Å². The first-order valence-electron chi connectivity index (χ1n) is 5.72. The van der Waals surface area contributed by atoms with E-state index in [1.165, 1.54) is 26.4 Å². The van der Waals surface area contributed by atoms with Crippen molar-refractivity contribution in [3.63, 3.8) is 0 Å². The van der Waals surface area contributed by atoms with E-state index in [0.717, 1.165) is 0 Å². The van der Waals surface area contributed by atoms with E-state index < -0.39 is 15.3 Å². The second-order valence-electron chi connectivity index (χ2n) is 3.86. The summed E-state index contributed by atoms with van der Waals surface area (Å²) in [4.78, 5) is 0. The van der Waals surface area contributed by atoms with Gasteiger partial charge in [0.1, 0.15) is 11.5 Å². The number of rotatable bonds is 6. The van der Waals surface area contributed by atoms with Gasteiger partial charge in [-0.15, -0.1) is 0 Å². The van der Waals surface area contributed by atoms with E-state index in [1.807, 2.05) is 0 Å². The Morgan fingerprint density at radius 2 is 1.95 bits per heavy atom. The van der Waals surface area contributed by atoms with E-state index in [1.54, 1.807) is 13.0 Å². The van der Waals surface area contributed by atoms with Gasteiger partial charge in [-0.1, -0.05) is 18.5 Å². The Kier molecular flexibility index (Phi) is 5.48. The fourth-order valence-corrected chi connectivity index (χ4v) is 2.97. The van der Waals surface area contributed by atoms with Gasteiger partial charge in [0.05, 0.1) is 31.0 Å². The summed E-state index contributed by atoms with van der Waals surface area (Å²) in [5.41, 5.74) is 0.159. The highest BCUT2D eigenvalue weighted by Gasteiger charge is 2.25. The summed E-state index contributed by atoms with van der Waals surface area (Å²) in [6, 6.07) is 4.58. The summed E-state index contributed by atoms with van der Waals surface area (Å²) in [7, 11) is -1.01. The van der Waals surface area contributed by atoms with Gasteiger partial charge in [0.15, 0.2) is 5.25 Å². The molecule has 0 radical (unpaired) electrons. The van der Waals surface area contributed by atoms with Crippen LogP contribution in [0.2, 0.25) is 5.02 Å². The molecule has 0 aliphatic rings. The standard InChI is InChI=1S/C12H15ClN2O4S/c1-4-8(7-14)20(16,17)15-10-5-9(13)11(18-2)6-12(10)19-3/h5-6,8,15H,4H2,1-3H3. The second-order valence-corrected chi connectivity index (χ2v) is 6.13. The maximum Gasteiger partial charge on any atom is 0.249 e. The maximum atomic E-state index is 12.0. The van der Waals surface area contributed by atoms with Crippen molar-refractivity contribution in [1.29, 1.82) is 5.26 Å². The number of halogens is 1. The quantitative estimate of drug-likeness (QED) is 0.870. The Morgan fingerprint density at radius 3 is 2.40 bits per heavy atom. The number of ether oxygens (including phenoxy) is 2. The smallest absolute Gasteiger partial charge is 0.249 e. The molecule has 1 atom stereocenters. The Morgan fingerprint density at radius 1 is 1.35 bits per heavy atom. The van der Waals surface area contributed by atoms with E-state index in [0.29, 0.717) is 5.75 Å². The van der Waals surface area contributed by atoms with Crippen LogP contribution in [0.15, 0.2) is 12.1 Å². The first-order valence-corrected chi connectivity index (χ1v) is 7.64. The number of nitrogens with zero attached hydrogens (tertiary/aromatic N) is 1. The predicted octanol–water partition coefficient (Wildman–Crippen LogP) is 2.40. The third kappa shape index (κ3) is 3.46. The molecule has 0 aliphatic carbocycles. The zero-order valence-corrected chi connectivity index (χ0v) is 12.9. The lowest BCUT2D eigenvalue weighted by Gasteiger charge is -2.15. The number of nitriles is 1. The van der Waals surface area contributed by atoms with Crippen LogP contribution in [0.25, 0.3) is 0 Å². The lowest BCUT2D eigenvalue weighted by Crippen LogP contribution is -2.26. The number of benzene rings is 1. The van der Waals surface area contributed by atoms with Crippen LogP contribution >= 0.6 is 11.6 Å². The van der Waals surface area contributed by atoms with Crippen LogP contribution in [0, 0.1) is 11.3 Å². The van der Waals surface area contributed by atoms with Gasteiger partial charge in [0.2, 0.25) is 10.0 Å². The van der Waals surface area contributed by atoms with Crippen molar-refractivity contribution in [1.82, 2.24) is 0 Å². The third-order valence-corrected chi connectivity index (χ3v) is 4.60. The minimum absolute atomic E-state index is 0.159. The van der Waals surface area contributed by atoms with Gasteiger partial charge in [-0.3, -0.25) is 4.72 Å². The van der Waals surface area contributed by atoms with Crippen LogP contribution in [-0.4, -0.2) is 27.9 Å². The minimum Gasteiger partial charge on any atom is -0.495 e. The van der Waals surface area contributed by atoms with Gasteiger partial charge in [-0.25, -0.2) is 8.42 Å². The highest BCUT2D eigenvalue weighted by Crippen LogP contribution is 2.36. The molecule has 0 saturated heterocycles. The van der Waals surface area contributed by atoms with E-state index in [9.17, 15) is 8.42 Å². The molecule has 0 aliphatic heterocycles. The van der Waals surface area contributed by atoms with E-state index >= 15 is 0 Å². The molecular weight excluding hydrogens is 304 g/mol. The fraction of sp³-hybridized carbons (Fsp3) is 0.417. The van der Waals surface area contributed by atoms with Gasteiger partial charge in [-0.05, 0) is 12.5 Å². The summed E-state index contributed by atoms with van der Waals surface area (Å²) in [5, 5.41) is 7.94. The number of anilines is 1. The first-order chi connectivity index (χ1) is 9.39. The molecule has 1 N–H and O–H groups in total. The summed E-state index contributed by atoms with van der Waals surface area (Å²) in [5.74, 6) is 0.612. The van der Waals surface area contributed by atoms with Crippen LogP contribution in [0.3, 0.4) is 0 Å². The highest BCUT2D eigenvalue weighted by molar-refractivity contribution is 7.93. The van der Waals surface area contributed by atoms with Crippen LogP contribution in [0.5, 0.6) is 11.5 Å². The SMILES string of the molecule is CCC(C#N)S(=O)(=O)Nc1cc(Cl)c(OC)cc1OC. The van der Waals surface area contributed by atoms with Gasteiger partial charge in [0.25, 0.3) is 0 Å². The van der Waals surface area contributed by atoms with Crippen LogP contribution in [0.4, 0.5) is 5.69 Å². The predicted molar refractivity (Wildman–Crippen MR) is 76.8 cm³/mol. The van der Waals surface area contributed by atoms with Crippen LogP contribution in [0.1, 0.15) is 13.3 Å². The highest BCUT2D eigenvalue weighted by atomic mass is 35.5. The lowest BCUT2D eigenvalue weighted by atomic mass is 10.3. The zero-order chi connectivity index (χ0) is 15.3. The molecule has 20 heavy (non-hydrogen) atoms. The van der Waals surface area contributed by atoms with Crippen molar-refractivity contribution >= 4 is 27.3 Å². The monoisotopic (exact) mass is 318 g/mol. The Bertz CT molecular complexity index is 625. The summed E-state index contributed by atoms with van der Waals surface area (Å²) in [6.07, 6.45) is 0.179. The Balaban J connectivity index is 3.22. The molecule has 1 aromatic rings. The largest absolute Gasteiger partial charge is 0.495 e. The van der Waals surface area contributed by atoms with Gasteiger partial charge < -0.3 is 9.47 Å². The number of hydrogen-bond acceptors (Lipinski definition) is 5. The Hall–Kier alpha value is -1.65. The normalized spacial score (nSPS) is 12.3. The van der Waals surface area contributed by atoms with Crippen molar-refractivity contribution < 1.29 is 17.9 Å². The number of methoxy groups -OCH3 is 2. The average molecular weight is 319 g/mol. The molecule has 0 amide bonds. The first kappa shape index (κ1) is 16.4. The Labute approximate surface area is 123 Å². The minimum atomic E-state index is -3.84. The number of sulfonamides is 1. The summed E-state index contributed by atoms with van der Waals surface area (Å²) in [6.45, 7) is 1.62. The molecule has 110 valence electrons. The van der Waals surface area contributed by atoms with Gasteiger partial charge in [0, 0.05) is 6.07 Å². The van der Waals surface area contributed by atoms with Crippen molar-refractivity contribution in [2.24, 2.45) is 0 Å². The summed E-state index contributed by atoms with van der Waals surface area (Å²) < 4.78 is 36.5. The van der Waals surface area contributed by atoms with E-state index in [-0.39, 0.29) is 22.9 Å². The molecule has 0 bridgehead atoms. The molecule has 1 rings (SSSR count). The third-order valence-electron chi connectivity index (χ3n) is 2.62. The second kappa shape index (κ2) is 6.68. The van der Waals surface area contributed by atoms with Crippen molar-refractivity contribution in [3.05, 3.63) is 17.2 Å². The molecular formula is C12H15ClN2O4S.